The standard InChI is InChI=1S/C16H25N3O/c1-2-18(11-14-6-4-3-5-7-14)12-15-8-9-19(13-15)16(20)10-17/h3-7,15H,2,8-13,17H2,1H3/t15-/m0/s1. The highest BCUT2D eigenvalue weighted by atomic mass is 16.2. The Labute approximate surface area is 121 Å². The average molecular weight is 275 g/mol. The van der Waals surface area contributed by atoms with Gasteiger partial charge in [0, 0.05) is 26.2 Å². The smallest absolute Gasteiger partial charge is 0.236 e. The Morgan fingerprint density at radius 1 is 1.40 bits per heavy atom. The third-order valence-corrected chi connectivity index (χ3v) is 4.03. The minimum absolute atomic E-state index is 0.0820. The summed E-state index contributed by atoms with van der Waals surface area (Å²) >= 11 is 0. The Morgan fingerprint density at radius 3 is 2.80 bits per heavy atom. The van der Waals surface area contributed by atoms with Crippen LogP contribution in [0.4, 0.5) is 0 Å². The second-order valence-electron chi connectivity index (χ2n) is 5.51. The van der Waals surface area contributed by atoms with Crippen molar-refractivity contribution in [2.75, 3.05) is 32.7 Å². The number of carbonyl (C=O) groups is 1. The molecule has 1 aromatic rings. The Morgan fingerprint density at radius 2 is 2.15 bits per heavy atom. The fourth-order valence-electron chi connectivity index (χ4n) is 2.85. The summed E-state index contributed by atoms with van der Waals surface area (Å²) in [5.74, 6) is 0.660. The molecule has 110 valence electrons. The monoisotopic (exact) mass is 275 g/mol. The third-order valence-electron chi connectivity index (χ3n) is 4.03. The van der Waals surface area contributed by atoms with E-state index in [9.17, 15) is 4.79 Å². The van der Waals surface area contributed by atoms with Gasteiger partial charge in [-0.15, -0.1) is 0 Å². The predicted octanol–water partition coefficient (Wildman–Crippen LogP) is 1.32. The Balaban J connectivity index is 1.84. The number of benzene rings is 1. The van der Waals surface area contributed by atoms with E-state index in [0.717, 1.165) is 39.1 Å². The maximum absolute atomic E-state index is 11.6. The van der Waals surface area contributed by atoms with Gasteiger partial charge in [-0.1, -0.05) is 37.3 Å². The normalized spacial score (nSPS) is 18.8. The van der Waals surface area contributed by atoms with Crippen LogP contribution in [0.25, 0.3) is 0 Å². The van der Waals surface area contributed by atoms with Gasteiger partial charge in [0.15, 0.2) is 0 Å². The summed E-state index contributed by atoms with van der Waals surface area (Å²) in [7, 11) is 0. The molecule has 1 heterocycles. The molecule has 0 bridgehead atoms. The van der Waals surface area contributed by atoms with Gasteiger partial charge in [0.2, 0.25) is 5.91 Å². The molecule has 0 saturated carbocycles. The first-order valence-electron chi connectivity index (χ1n) is 7.47. The molecule has 0 radical (unpaired) electrons. The number of nitrogens with two attached hydrogens (primary N) is 1. The molecule has 4 nitrogen and oxygen atoms in total. The van der Waals surface area contributed by atoms with Crippen LogP contribution in [0.1, 0.15) is 18.9 Å². The minimum atomic E-state index is 0.0820. The van der Waals surface area contributed by atoms with Crippen molar-refractivity contribution in [1.82, 2.24) is 9.80 Å². The van der Waals surface area contributed by atoms with Gasteiger partial charge < -0.3 is 10.6 Å². The first kappa shape index (κ1) is 15.0. The van der Waals surface area contributed by atoms with Crippen LogP contribution in [0.3, 0.4) is 0 Å². The van der Waals surface area contributed by atoms with Gasteiger partial charge >= 0.3 is 0 Å². The largest absolute Gasteiger partial charge is 0.341 e. The molecule has 0 aliphatic carbocycles. The predicted molar refractivity (Wildman–Crippen MR) is 81.1 cm³/mol. The van der Waals surface area contributed by atoms with Crippen molar-refractivity contribution >= 4 is 5.91 Å². The molecule has 4 heteroatoms. The number of amides is 1. The zero-order valence-electron chi connectivity index (χ0n) is 12.3. The van der Waals surface area contributed by atoms with Gasteiger partial charge in [-0.05, 0) is 24.4 Å². The van der Waals surface area contributed by atoms with E-state index < -0.39 is 0 Å². The van der Waals surface area contributed by atoms with Gasteiger partial charge in [-0.3, -0.25) is 9.69 Å². The van der Waals surface area contributed by atoms with Crippen LogP contribution in [-0.4, -0.2) is 48.4 Å². The number of likely N-dealkylation sites (tertiary alicyclic amines) is 1. The number of nitrogens with zero attached hydrogens (tertiary/aromatic N) is 2. The van der Waals surface area contributed by atoms with Gasteiger partial charge in [-0.2, -0.15) is 0 Å². The van der Waals surface area contributed by atoms with Crippen molar-refractivity contribution in [3.05, 3.63) is 35.9 Å². The van der Waals surface area contributed by atoms with E-state index in [2.05, 4.69) is 36.1 Å². The summed E-state index contributed by atoms with van der Waals surface area (Å²) in [5, 5.41) is 0. The summed E-state index contributed by atoms with van der Waals surface area (Å²) in [6, 6.07) is 10.6. The molecule has 2 rings (SSSR count). The lowest BCUT2D eigenvalue weighted by atomic mass is 10.1. The quantitative estimate of drug-likeness (QED) is 0.852. The maximum atomic E-state index is 11.6. The van der Waals surface area contributed by atoms with Crippen molar-refractivity contribution in [3.63, 3.8) is 0 Å². The molecular weight excluding hydrogens is 250 g/mol. The molecule has 1 fully saturated rings. The van der Waals surface area contributed by atoms with Crippen LogP contribution in [0.2, 0.25) is 0 Å². The molecule has 1 aliphatic heterocycles. The van der Waals surface area contributed by atoms with Gasteiger partial charge in [0.05, 0.1) is 6.54 Å². The lowest BCUT2D eigenvalue weighted by Crippen LogP contribution is -2.36. The molecule has 0 unspecified atom stereocenters. The van der Waals surface area contributed by atoms with E-state index in [-0.39, 0.29) is 12.5 Å². The molecule has 2 N–H and O–H groups in total. The molecule has 1 aromatic carbocycles. The lowest BCUT2D eigenvalue weighted by molar-refractivity contribution is -0.128. The second kappa shape index (κ2) is 7.41. The molecule has 20 heavy (non-hydrogen) atoms. The van der Waals surface area contributed by atoms with E-state index >= 15 is 0 Å². The highest BCUT2D eigenvalue weighted by Crippen LogP contribution is 2.18. The van der Waals surface area contributed by atoms with Crippen LogP contribution in [0.5, 0.6) is 0 Å². The number of hydrogen-bond donors (Lipinski definition) is 1. The fraction of sp³-hybridized carbons (Fsp3) is 0.562. The molecular formula is C16H25N3O. The fourth-order valence-corrected chi connectivity index (χ4v) is 2.85. The zero-order valence-corrected chi connectivity index (χ0v) is 12.3. The molecule has 1 amide bonds. The summed E-state index contributed by atoms with van der Waals surface area (Å²) < 4.78 is 0. The van der Waals surface area contributed by atoms with E-state index in [1.165, 1.54) is 5.56 Å². The molecule has 1 atom stereocenters. The Hall–Kier alpha value is -1.39. The third kappa shape index (κ3) is 4.05. The van der Waals surface area contributed by atoms with E-state index in [4.69, 9.17) is 5.73 Å². The van der Waals surface area contributed by atoms with Crippen molar-refractivity contribution in [2.24, 2.45) is 11.7 Å². The molecule has 0 spiro atoms. The van der Waals surface area contributed by atoms with Crippen LogP contribution in [-0.2, 0) is 11.3 Å². The summed E-state index contributed by atoms with van der Waals surface area (Å²) in [4.78, 5) is 16.0. The van der Waals surface area contributed by atoms with Crippen LogP contribution in [0.15, 0.2) is 30.3 Å². The number of carbonyl (C=O) groups excluding carboxylic acids is 1. The van der Waals surface area contributed by atoms with Gasteiger partial charge in [0.25, 0.3) is 0 Å². The lowest BCUT2D eigenvalue weighted by Gasteiger charge is -2.24. The highest BCUT2D eigenvalue weighted by Gasteiger charge is 2.26. The molecule has 1 saturated heterocycles. The van der Waals surface area contributed by atoms with Crippen molar-refractivity contribution in [1.29, 1.82) is 0 Å². The minimum Gasteiger partial charge on any atom is -0.341 e. The zero-order chi connectivity index (χ0) is 14.4. The first-order chi connectivity index (χ1) is 9.72. The van der Waals surface area contributed by atoms with E-state index in [1.807, 2.05) is 11.0 Å². The van der Waals surface area contributed by atoms with Crippen LogP contribution < -0.4 is 5.73 Å². The van der Waals surface area contributed by atoms with Crippen molar-refractivity contribution in [3.8, 4) is 0 Å². The van der Waals surface area contributed by atoms with Gasteiger partial charge in [-0.25, -0.2) is 0 Å². The van der Waals surface area contributed by atoms with E-state index in [1.54, 1.807) is 0 Å². The number of hydrogen-bond acceptors (Lipinski definition) is 3. The highest BCUT2D eigenvalue weighted by molar-refractivity contribution is 5.78. The van der Waals surface area contributed by atoms with Gasteiger partial charge in [0.1, 0.15) is 0 Å². The average Bonchev–Trinajstić information content (AvgIpc) is 2.95. The van der Waals surface area contributed by atoms with Crippen molar-refractivity contribution in [2.45, 2.75) is 19.9 Å². The summed E-state index contributed by atoms with van der Waals surface area (Å²) in [6.07, 6.45) is 1.09. The van der Waals surface area contributed by atoms with E-state index in [0.29, 0.717) is 5.92 Å². The Kier molecular flexibility index (Phi) is 5.56. The Bertz CT molecular complexity index is 421. The SMILES string of the molecule is CCN(Cc1ccccc1)C[C@@H]1CCN(C(=O)CN)C1. The van der Waals surface area contributed by atoms with Crippen molar-refractivity contribution < 1.29 is 4.79 Å². The number of rotatable bonds is 6. The summed E-state index contributed by atoms with van der Waals surface area (Å²) in [5.41, 5.74) is 6.77. The molecule has 1 aliphatic rings. The second-order valence-corrected chi connectivity index (χ2v) is 5.51. The first-order valence-corrected chi connectivity index (χ1v) is 7.47. The topological polar surface area (TPSA) is 49.6 Å². The summed E-state index contributed by atoms with van der Waals surface area (Å²) in [6.45, 7) is 7.13. The molecule has 0 aromatic heterocycles. The van der Waals surface area contributed by atoms with Crippen LogP contribution >= 0.6 is 0 Å². The maximum Gasteiger partial charge on any atom is 0.236 e. The van der Waals surface area contributed by atoms with Crippen LogP contribution in [0, 0.1) is 5.92 Å².